The molecule has 1 aromatic heterocycles. The maximum atomic E-state index is 6.19. The van der Waals surface area contributed by atoms with Crippen molar-refractivity contribution < 1.29 is 0 Å². The average molecular weight is 409 g/mol. The van der Waals surface area contributed by atoms with E-state index in [0.717, 1.165) is 25.2 Å². The summed E-state index contributed by atoms with van der Waals surface area (Å²) >= 11 is 12.2. The monoisotopic (exact) mass is 408 g/mol. The molecule has 3 aromatic carbocycles. The quantitative estimate of drug-likeness (QED) is 0.380. The van der Waals surface area contributed by atoms with E-state index in [1.165, 1.54) is 27.6 Å². The van der Waals surface area contributed by atoms with Gasteiger partial charge in [-0.05, 0) is 41.8 Å². The van der Waals surface area contributed by atoms with Crippen molar-refractivity contribution in [2.75, 3.05) is 0 Å². The van der Waals surface area contributed by atoms with Gasteiger partial charge in [-0.2, -0.15) is 0 Å². The van der Waals surface area contributed by atoms with Crippen LogP contribution in [0, 0.1) is 6.92 Å². The van der Waals surface area contributed by atoms with Crippen LogP contribution in [0.15, 0.2) is 72.9 Å². The average Bonchev–Trinajstić information content (AvgIpc) is 3.04. The number of hydrogen-bond donors (Lipinski definition) is 1. The fourth-order valence-corrected chi connectivity index (χ4v) is 3.80. The van der Waals surface area contributed by atoms with Gasteiger partial charge in [0.05, 0.1) is 10.0 Å². The maximum Gasteiger partial charge on any atom is 0.0595 e. The Bertz CT molecular complexity index is 1100. The van der Waals surface area contributed by atoms with Crippen LogP contribution in [0.4, 0.5) is 0 Å². The normalized spacial score (nSPS) is 11.2. The standard InChI is InChI=1S/C24H22Cl2N2/c1-17-6-8-18(9-7-17)13-27-14-20-16-28(24-5-3-2-4-21(20)24)15-19-10-11-22(25)23(26)12-19/h2-12,16,27H,13-15H2,1H3. The number of halogens is 2. The van der Waals surface area contributed by atoms with Crippen LogP contribution >= 0.6 is 23.2 Å². The molecule has 0 amide bonds. The first-order chi connectivity index (χ1) is 13.6. The number of para-hydroxylation sites is 1. The molecule has 1 N–H and O–H groups in total. The van der Waals surface area contributed by atoms with Gasteiger partial charge < -0.3 is 9.88 Å². The molecule has 142 valence electrons. The number of nitrogens with one attached hydrogen (secondary N) is 1. The largest absolute Gasteiger partial charge is 0.343 e. The molecule has 0 fully saturated rings. The summed E-state index contributed by atoms with van der Waals surface area (Å²) in [7, 11) is 0. The summed E-state index contributed by atoms with van der Waals surface area (Å²) in [5.41, 5.74) is 6.23. The van der Waals surface area contributed by atoms with E-state index in [-0.39, 0.29) is 0 Å². The predicted molar refractivity (Wildman–Crippen MR) is 119 cm³/mol. The van der Waals surface area contributed by atoms with Gasteiger partial charge in [-0.1, -0.05) is 77.3 Å². The first-order valence-electron chi connectivity index (χ1n) is 9.37. The van der Waals surface area contributed by atoms with Gasteiger partial charge in [0.1, 0.15) is 0 Å². The van der Waals surface area contributed by atoms with Crippen molar-refractivity contribution in [3.8, 4) is 0 Å². The molecule has 0 saturated heterocycles. The van der Waals surface area contributed by atoms with Crippen LogP contribution in [-0.4, -0.2) is 4.57 Å². The first-order valence-corrected chi connectivity index (χ1v) is 10.1. The molecule has 28 heavy (non-hydrogen) atoms. The van der Waals surface area contributed by atoms with E-state index >= 15 is 0 Å². The van der Waals surface area contributed by atoms with Gasteiger partial charge in [0, 0.05) is 36.7 Å². The van der Waals surface area contributed by atoms with Crippen LogP contribution in [0.25, 0.3) is 10.9 Å². The zero-order valence-electron chi connectivity index (χ0n) is 15.8. The van der Waals surface area contributed by atoms with Crippen molar-refractivity contribution in [1.82, 2.24) is 9.88 Å². The summed E-state index contributed by atoms with van der Waals surface area (Å²) in [6.45, 7) is 4.55. The maximum absolute atomic E-state index is 6.19. The summed E-state index contributed by atoms with van der Waals surface area (Å²) in [6, 6.07) is 23.0. The number of benzene rings is 3. The molecular formula is C24H22Cl2N2. The van der Waals surface area contributed by atoms with Crippen molar-refractivity contribution in [1.29, 1.82) is 0 Å². The zero-order chi connectivity index (χ0) is 19.5. The van der Waals surface area contributed by atoms with Crippen molar-refractivity contribution in [2.45, 2.75) is 26.6 Å². The molecule has 0 aliphatic heterocycles. The second-order valence-corrected chi connectivity index (χ2v) is 7.95. The van der Waals surface area contributed by atoms with E-state index in [1.54, 1.807) is 0 Å². The minimum Gasteiger partial charge on any atom is -0.343 e. The fraction of sp³-hybridized carbons (Fsp3) is 0.167. The molecule has 0 spiro atoms. The molecule has 0 atom stereocenters. The Morgan fingerprint density at radius 1 is 0.821 bits per heavy atom. The number of fused-ring (bicyclic) bond motifs is 1. The van der Waals surface area contributed by atoms with E-state index in [1.807, 2.05) is 18.2 Å². The highest BCUT2D eigenvalue weighted by molar-refractivity contribution is 6.42. The summed E-state index contributed by atoms with van der Waals surface area (Å²) < 4.78 is 2.28. The van der Waals surface area contributed by atoms with Crippen molar-refractivity contribution >= 4 is 34.1 Å². The van der Waals surface area contributed by atoms with Gasteiger partial charge in [0.15, 0.2) is 0 Å². The van der Waals surface area contributed by atoms with Gasteiger partial charge in [0.25, 0.3) is 0 Å². The molecule has 4 rings (SSSR count). The molecule has 0 unspecified atom stereocenters. The highest BCUT2D eigenvalue weighted by atomic mass is 35.5. The lowest BCUT2D eigenvalue weighted by molar-refractivity contribution is 0.692. The number of aromatic nitrogens is 1. The number of rotatable bonds is 6. The van der Waals surface area contributed by atoms with Gasteiger partial charge in [0.2, 0.25) is 0 Å². The number of nitrogens with zero attached hydrogens (tertiary/aromatic N) is 1. The molecule has 2 nitrogen and oxygen atoms in total. The van der Waals surface area contributed by atoms with E-state index in [4.69, 9.17) is 23.2 Å². The molecular weight excluding hydrogens is 387 g/mol. The Morgan fingerprint density at radius 2 is 1.57 bits per heavy atom. The number of aryl methyl sites for hydroxylation is 1. The van der Waals surface area contributed by atoms with Gasteiger partial charge in [-0.3, -0.25) is 0 Å². The van der Waals surface area contributed by atoms with Crippen LogP contribution in [0.1, 0.15) is 22.3 Å². The van der Waals surface area contributed by atoms with Crippen LogP contribution in [0.3, 0.4) is 0 Å². The third-order valence-corrected chi connectivity index (χ3v) is 5.71. The lowest BCUT2D eigenvalue weighted by Gasteiger charge is -2.07. The second-order valence-electron chi connectivity index (χ2n) is 7.14. The highest BCUT2D eigenvalue weighted by Gasteiger charge is 2.09. The van der Waals surface area contributed by atoms with E-state index < -0.39 is 0 Å². The van der Waals surface area contributed by atoms with Crippen LogP contribution in [0.5, 0.6) is 0 Å². The van der Waals surface area contributed by atoms with Crippen molar-refractivity contribution in [2.24, 2.45) is 0 Å². The van der Waals surface area contributed by atoms with Crippen LogP contribution < -0.4 is 5.32 Å². The Morgan fingerprint density at radius 3 is 2.36 bits per heavy atom. The minimum absolute atomic E-state index is 0.587. The molecule has 0 aliphatic rings. The smallest absolute Gasteiger partial charge is 0.0595 e. The predicted octanol–water partition coefficient (Wildman–Crippen LogP) is 6.59. The van der Waals surface area contributed by atoms with Crippen LogP contribution in [-0.2, 0) is 19.6 Å². The molecule has 0 saturated carbocycles. The van der Waals surface area contributed by atoms with Gasteiger partial charge >= 0.3 is 0 Å². The fourth-order valence-electron chi connectivity index (χ4n) is 3.48. The van der Waals surface area contributed by atoms with Gasteiger partial charge in [-0.25, -0.2) is 0 Å². The van der Waals surface area contributed by atoms with E-state index in [2.05, 4.69) is 71.5 Å². The zero-order valence-corrected chi connectivity index (χ0v) is 17.3. The SMILES string of the molecule is Cc1ccc(CNCc2cn(Cc3ccc(Cl)c(Cl)c3)c3ccccc23)cc1. The molecule has 0 aliphatic carbocycles. The first kappa shape index (κ1) is 19.1. The third kappa shape index (κ3) is 4.25. The van der Waals surface area contributed by atoms with E-state index in [0.29, 0.717) is 10.0 Å². The number of hydrogen-bond acceptors (Lipinski definition) is 1. The van der Waals surface area contributed by atoms with Crippen molar-refractivity contribution in [3.63, 3.8) is 0 Å². The van der Waals surface area contributed by atoms with Gasteiger partial charge in [-0.15, -0.1) is 0 Å². The second kappa shape index (κ2) is 8.40. The molecule has 4 aromatic rings. The Kier molecular flexibility index (Phi) is 5.72. The summed E-state index contributed by atoms with van der Waals surface area (Å²) in [5, 5.41) is 6.03. The Hall–Kier alpha value is -2.26. The Balaban J connectivity index is 1.53. The molecule has 1 heterocycles. The lowest BCUT2D eigenvalue weighted by atomic mass is 10.1. The van der Waals surface area contributed by atoms with Crippen LogP contribution in [0.2, 0.25) is 10.0 Å². The molecule has 0 bridgehead atoms. The lowest BCUT2D eigenvalue weighted by Crippen LogP contribution is -2.12. The minimum atomic E-state index is 0.587. The summed E-state index contributed by atoms with van der Waals surface area (Å²) in [5.74, 6) is 0. The highest BCUT2D eigenvalue weighted by Crippen LogP contribution is 2.26. The third-order valence-electron chi connectivity index (χ3n) is 4.97. The summed E-state index contributed by atoms with van der Waals surface area (Å²) in [6.07, 6.45) is 2.23. The summed E-state index contributed by atoms with van der Waals surface area (Å²) in [4.78, 5) is 0. The topological polar surface area (TPSA) is 17.0 Å². The Labute approximate surface area is 175 Å². The molecule has 0 radical (unpaired) electrons. The van der Waals surface area contributed by atoms with Crippen molar-refractivity contribution in [3.05, 3.63) is 105 Å². The van der Waals surface area contributed by atoms with E-state index in [9.17, 15) is 0 Å². The molecule has 4 heteroatoms.